The highest BCUT2D eigenvalue weighted by Gasteiger charge is 2.34. The van der Waals surface area contributed by atoms with Crippen LogP contribution in [0.4, 0.5) is 10.5 Å². The second-order valence-corrected chi connectivity index (χ2v) is 7.10. The molecule has 7 nitrogen and oxygen atoms in total. The van der Waals surface area contributed by atoms with Crippen molar-refractivity contribution in [1.82, 2.24) is 0 Å². The molecule has 0 atom stereocenters. The number of imide groups is 1. The van der Waals surface area contributed by atoms with Crippen molar-refractivity contribution in [2.24, 2.45) is 4.99 Å². The number of halogens is 1. The summed E-state index contributed by atoms with van der Waals surface area (Å²) in [6.07, 6.45) is 0.0217. The maximum atomic E-state index is 12.7. The molecular formula is C22H14ClN2O5-. The number of hydrogen-bond acceptors (Lipinski definition) is 5. The second kappa shape index (κ2) is 7.61. The summed E-state index contributed by atoms with van der Waals surface area (Å²) >= 11 is 5.85. The van der Waals surface area contributed by atoms with Crippen LogP contribution < -0.4 is 10.0 Å². The Kier molecular flexibility index (Phi) is 4.97. The number of aliphatic imine (C=N–C) groups is 1. The second-order valence-electron chi connectivity index (χ2n) is 6.67. The highest BCUT2D eigenvalue weighted by Crippen LogP contribution is 2.29. The van der Waals surface area contributed by atoms with Gasteiger partial charge in [-0.2, -0.15) is 4.99 Å². The molecule has 2 heterocycles. The van der Waals surface area contributed by atoms with Gasteiger partial charge in [0.1, 0.15) is 17.2 Å². The molecule has 1 aliphatic rings. The van der Waals surface area contributed by atoms with Crippen LogP contribution >= 0.6 is 11.6 Å². The monoisotopic (exact) mass is 421 g/mol. The van der Waals surface area contributed by atoms with Crippen LogP contribution in [0.2, 0.25) is 5.02 Å². The summed E-state index contributed by atoms with van der Waals surface area (Å²) in [5.41, 5.74) is 1.61. The molecule has 0 unspecified atom stereocenters. The number of benzene rings is 2. The summed E-state index contributed by atoms with van der Waals surface area (Å²) in [7, 11) is 0. The maximum absolute atomic E-state index is 12.7. The van der Waals surface area contributed by atoms with Crippen LogP contribution in [0.5, 0.6) is 0 Å². The van der Waals surface area contributed by atoms with Crippen LogP contribution in [-0.4, -0.2) is 23.6 Å². The molecule has 0 aliphatic carbocycles. The van der Waals surface area contributed by atoms with E-state index in [1.807, 2.05) is 0 Å². The SMILES string of the molecule is Cc1c(C(=O)[O-])cccc1-c1ccc(CC2=NC(=O)N(c3ccc(Cl)cc3)C2=O)o1. The lowest BCUT2D eigenvalue weighted by Crippen LogP contribution is -2.33. The normalized spacial score (nSPS) is 13.7. The number of carbonyl (C=O) groups is 3. The maximum Gasteiger partial charge on any atom is 0.355 e. The van der Waals surface area contributed by atoms with Crippen molar-refractivity contribution in [2.45, 2.75) is 13.3 Å². The number of urea groups is 1. The molecule has 2 aromatic carbocycles. The Balaban J connectivity index is 1.56. The first kappa shape index (κ1) is 19.6. The van der Waals surface area contributed by atoms with Crippen LogP contribution in [0.3, 0.4) is 0 Å². The summed E-state index contributed by atoms with van der Waals surface area (Å²) in [5.74, 6) is -0.943. The lowest BCUT2D eigenvalue weighted by molar-refractivity contribution is -0.255. The van der Waals surface area contributed by atoms with Crippen LogP contribution in [0, 0.1) is 6.92 Å². The fourth-order valence-electron chi connectivity index (χ4n) is 3.27. The summed E-state index contributed by atoms with van der Waals surface area (Å²) in [6.45, 7) is 1.66. The first-order valence-electron chi connectivity index (χ1n) is 8.96. The minimum Gasteiger partial charge on any atom is -0.545 e. The first-order valence-corrected chi connectivity index (χ1v) is 9.34. The number of carboxylic acids is 1. The van der Waals surface area contributed by atoms with Gasteiger partial charge in [0, 0.05) is 16.1 Å². The number of carbonyl (C=O) groups excluding carboxylic acids is 3. The molecule has 1 aromatic heterocycles. The Bertz CT molecular complexity index is 1210. The summed E-state index contributed by atoms with van der Waals surface area (Å²) in [4.78, 5) is 41.0. The van der Waals surface area contributed by atoms with Crippen molar-refractivity contribution >= 4 is 40.9 Å². The Morgan fingerprint density at radius 1 is 1.10 bits per heavy atom. The number of amides is 3. The number of carboxylic acid groups (broad SMARTS) is 1. The van der Waals surface area contributed by atoms with E-state index in [2.05, 4.69) is 4.99 Å². The third kappa shape index (κ3) is 3.51. The average Bonchev–Trinajstić information content (AvgIpc) is 3.27. The van der Waals surface area contributed by atoms with Gasteiger partial charge in [-0.3, -0.25) is 4.79 Å². The van der Waals surface area contributed by atoms with Crippen molar-refractivity contribution in [3.63, 3.8) is 0 Å². The summed E-state index contributed by atoms with van der Waals surface area (Å²) in [5, 5.41) is 11.7. The van der Waals surface area contributed by atoms with Crippen LogP contribution in [0.1, 0.15) is 21.7 Å². The summed E-state index contributed by atoms with van der Waals surface area (Å²) < 4.78 is 5.79. The number of aromatic carboxylic acids is 1. The molecule has 4 rings (SSSR count). The van der Waals surface area contributed by atoms with E-state index < -0.39 is 17.9 Å². The first-order chi connectivity index (χ1) is 14.3. The van der Waals surface area contributed by atoms with Gasteiger partial charge < -0.3 is 14.3 Å². The molecule has 0 saturated carbocycles. The fraction of sp³-hybridized carbons (Fsp3) is 0.0909. The van der Waals surface area contributed by atoms with Crippen molar-refractivity contribution in [2.75, 3.05) is 4.90 Å². The Morgan fingerprint density at radius 3 is 2.53 bits per heavy atom. The van der Waals surface area contributed by atoms with E-state index in [9.17, 15) is 19.5 Å². The zero-order chi connectivity index (χ0) is 21.4. The molecule has 30 heavy (non-hydrogen) atoms. The highest BCUT2D eigenvalue weighted by atomic mass is 35.5. The number of anilines is 1. The minimum atomic E-state index is -1.27. The van der Waals surface area contributed by atoms with Gasteiger partial charge in [-0.05, 0) is 48.9 Å². The van der Waals surface area contributed by atoms with Gasteiger partial charge in [0.25, 0.3) is 5.91 Å². The largest absolute Gasteiger partial charge is 0.545 e. The predicted octanol–water partition coefficient (Wildman–Crippen LogP) is 3.42. The zero-order valence-corrected chi connectivity index (χ0v) is 16.5. The summed E-state index contributed by atoms with van der Waals surface area (Å²) in [6, 6.07) is 13.7. The molecule has 0 N–H and O–H groups in total. The molecule has 1 aliphatic heterocycles. The van der Waals surface area contributed by atoms with Gasteiger partial charge in [-0.1, -0.05) is 29.8 Å². The van der Waals surface area contributed by atoms with Gasteiger partial charge in [-0.25, -0.2) is 9.69 Å². The van der Waals surface area contributed by atoms with Crippen molar-refractivity contribution in [3.8, 4) is 11.3 Å². The Labute approximate surface area is 176 Å². The molecular weight excluding hydrogens is 408 g/mol. The van der Waals surface area contributed by atoms with Gasteiger partial charge in [0.15, 0.2) is 0 Å². The van der Waals surface area contributed by atoms with Gasteiger partial charge in [0.05, 0.1) is 18.1 Å². The topological polar surface area (TPSA) is 103 Å². The van der Waals surface area contributed by atoms with E-state index in [-0.39, 0.29) is 17.7 Å². The van der Waals surface area contributed by atoms with E-state index in [4.69, 9.17) is 16.0 Å². The number of rotatable bonds is 5. The van der Waals surface area contributed by atoms with Crippen molar-refractivity contribution in [3.05, 3.63) is 76.5 Å². The molecule has 3 amide bonds. The quantitative estimate of drug-likeness (QED) is 0.628. The predicted molar refractivity (Wildman–Crippen MR) is 109 cm³/mol. The van der Waals surface area contributed by atoms with Crippen LogP contribution in [0.15, 0.2) is 64.0 Å². The number of hydrogen-bond donors (Lipinski definition) is 0. The van der Waals surface area contributed by atoms with E-state index in [0.29, 0.717) is 33.4 Å². The molecule has 0 radical (unpaired) electrons. The standard InChI is InChI=1S/C22H15ClN2O5/c1-12-16(3-2-4-17(12)21(27)28)19-10-9-15(30-19)11-18-20(26)25(22(29)24-18)14-7-5-13(23)6-8-14/h2-10H,11H2,1H3,(H,27,28)/p-1. The fourth-order valence-corrected chi connectivity index (χ4v) is 3.39. The van der Waals surface area contributed by atoms with Crippen LogP contribution in [0.25, 0.3) is 11.3 Å². The van der Waals surface area contributed by atoms with E-state index >= 15 is 0 Å². The third-order valence-electron chi connectivity index (χ3n) is 4.78. The van der Waals surface area contributed by atoms with Gasteiger partial charge in [-0.15, -0.1) is 0 Å². The van der Waals surface area contributed by atoms with Gasteiger partial charge in [0.2, 0.25) is 0 Å². The Morgan fingerprint density at radius 2 is 1.83 bits per heavy atom. The Hall–Kier alpha value is -3.71. The van der Waals surface area contributed by atoms with Crippen LogP contribution in [-0.2, 0) is 11.2 Å². The molecule has 8 heteroatoms. The molecule has 0 spiro atoms. The molecule has 3 aromatic rings. The van der Waals surface area contributed by atoms with E-state index in [1.165, 1.54) is 6.07 Å². The smallest absolute Gasteiger partial charge is 0.355 e. The molecule has 0 fully saturated rings. The van der Waals surface area contributed by atoms with Crippen molar-refractivity contribution < 1.29 is 23.9 Å². The number of nitrogens with zero attached hydrogens (tertiary/aromatic N) is 2. The van der Waals surface area contributed by atoms with E-state index in [1.54, 1.807) is 55.5 Å². The molecule has 0 saturated heterocycles. The average molecular weight is 422 g/mol. The third-order valence-corrected chi connectivity index (χ3v) is 5.03. The van der Waals surface area contributed by atoms with Crippen molar-refractivity contribution in [1.29, 1.82) is 0 Å². The highest BCUT2D eigenvalue weighted by molar-refractivity contribution is 6.53. The minimum absolute atomic E-state index is 0.0217. The lowest BCUT2D eigenvalue weighted by Gasteiger charge is -2.12. The number of furan rings is 1. The van der Waals surface area contributed by atoms with Gasteiger partial charge >= 0.3 is 6.03 Å². The van der Waals surface area contributed by atoms with E-state index in [0.717, 1.165) is 4.90 Å². The zero-order valence-electron chi connectivity index (χ0n) is 15.7. The molecule has 0 bridgehead atoms. The molecule has 150 valence electrons. The lowest BCUT2D eigenvalue weighted by atomic mass is 10.0.